The first-order valence-electron chi connectivity index (χ1n) is 4.28. The summed E-state index contributed by atoms with van der Waals surface area (Å²) in [6.07, 6.45) is 4.18. The quantitative estimate of drug-likeness (QED) is 0.613. The fourth-order valence-electron chi connectivity index (χ4n) is 1.66. The van der Waals surface area contributed by atoms with E-state index in [1.807, 2.05) is 6.20 Å². The Morgan fingerprint density at radius 2 is 1.92 bits per heavy atom. The molecule has 0 bridgehead atoms. The third kappa shape index (κ3) is 1.02. The Balaban J connectivity index is 2.67. The molecule has 0 spiro atoms. The molecule has 1 N–H and O–H groups in total. The zero-order chi connectivity index (χ0) is 8.55. The molecule has 0 saturated heterocycles. The number of hydrogen-bond donors (Lipinski definition) is 1. The fraction of sp³-hybridized carbons (Fsp3) is 0.273. The van der Waals surface area contributed by atoms with Crippen LogP contribution in [0.4, 0.5) is 0 Å². The normalized spacial score (nSPS) is 13.8. The highest BCUT2D eigenvalue weighted by Gasteiger charge is 2.07. The van der Waals surface area contributed by atoms with E-state index in [-0.39, 0.29) is 0 Å². The van der Waals surface area contributed by atoms with Crippen molar-refractivity contribution in [3.05, 3.63) is 40.6 Å². The first kappa shape index (κ1) is 7.41. The van der Waals surface area contributed by atoms with E-state index in [0.29, 0.717) is 0 Å². The van der Waals surface area contributed by atoms with Crippen LogP contribution < -0.4 is 5.32 Å². The predicted octanol–water partition coefficient (Wildman–Crippen LogP) is 2.38. The summed E-state index contributed by atoms with van der Waals surface area (Å²) in [6, 6.07) is 4.37. The lowest BCUT2D eigenvalue weighted by Crippen LogP contribution is -2.12. The lowest BCUT2D eigenvalue weighted by molar-refractivity contribution is 0.848. The van der Waals surface area contributed by atoms with Gasteiger partial charge in [0.25, 0.3) is 0 Å². The van der Waals surface area contributed by atoms with Crippen LogP contribution in [0.5, 0.6) is 0 Å². The molecule has 0 radical (unpaired) electrons. The summed E-state index contributed by atoms with van der Waals surface area (Å²) < 4.78 is 0. The Hall–Kier alpha value is -1.24. The number of hydrogen-bond acceptors (Lipinski definition) is 1. The maximum Gasteiger partial charge on any atom is 0.0404 e. The monoisotopic (exact) mass is 159 g/mol. The number of rotatable bonds is 0. The van der Waals surface area contributed by atoms with Crippen molar-refractivity contribution in [2.45, 2.75) is 20.4 Å². The minimum absolute atomic E-state index is 0.972. The van der Waals surface area contributed by atoms with Gasteiger partial charge in [0.2, 0.25) is 0 Å². The Bertz CT molecular complexity index is 337. The molecule has 0 amide bonds. The van der Waals surface area contributed by atoms with Gasteiger partial charge in [0.15, 0.2) is 0 Å². The van der Waals surface area contributed by atoms with E-state index in [2.05, 4.69) is 37.4 Å². The highest BCUT2D eigenvalue weighted by molar-refractivity contribution is 5.61. The summed E-state index contributed by atoms with van der Waals surface area (Å²) in [5.41, 5.74) is 5.59. The van der Waals surface area contributed by atoms with Crippen LogP contribution in [0, 0.1) is 13.8 Å². The van der Waals surface area contributed by atoms with Crippen molar-refractivity contribution in [2.75, 3.05) is 0 Å². The number of fused-ring (bicyclic) bond motifs is 1. The molecule has 1 aliphatic heterocycles. The average Bonchev–Trinajstić information content (AvgIpc) is 2.12. The summed E-state index contributed by atoms with van der Waals surface area (Å²) in [7, 11) is 0. The van der Waals surface area contributed by atoms with E-state index in [9.17, 15) is 0 Å². The van der Waals surface area contributed by atoms with Gasteiger partial charge in [0.05, 0.1) is 0 Å². The summed E-state index contributed by atoms with van der Waals surface area (Å²) in [6.45, 7) is 5.30. The SMILES string of the molecule is Cc1ccc(C)c2c1C=CNC2. The molecule has 0 aliphatic carbocycles. The van der Waals surface area contributed by atoms with Crippen molar-refractivity contribution in [1.29, 1.82) is 0 Å². The topological polar surface area (TPSA) is 12.0 Å². The van der Waals surface area contributed by atoms with Gasteiger partial charge in [-0.3, -0.25) is 0 Å². The van der Waals surface area contributed by atoms with Crippen LogP contribution in [0.3, 0.4) is 0 Å². The van der Waals surface area contributed by atoms with Crippen LogP contribution in [0.15, 0.2) is 18.3 Å². The molecule has 1 nitrogen and oxygen atoms in total. The summed E-state index contributed by atoms with van der Waals surface area (Å²) in [4.78, 5) is 0. The fourth-order valence-corrected chi connectivity index (χ4v) is 1.66. The van der Waals surface area contributed by atoms with Crippen LogP contribution in [-0.4, -0.2) is 0 Å². The molecule has 62 valence electrons. The molecule has 0 saturated carbocycles. The standard InChI is InChI=1S/C11H13N/c1-8-3-4-9(2)11-7-12-6-5-10(8)11/h3-6,12H,7H2,1-2H3. The molecule has 0 unspecified atom stereocenters. The number of aryl methyl sites for hydroxylation is 2. The third-order valence-electron chi connectivity index (χ3n) is 2.46. The van der Waals surface area contributed by atoms with Gasteiger partial charge in [0.1, 0.15) is 0 Å². The molecule has 12 heavy (non-hydrogen) atoms. The predicted molar refractivity (Wildman–Crippen MR) is 51.8 cm³/mol. The first-order chi connectivity index (χ1) is 5.79. The first-order valence-corrected chi connectivity index (χ1v) is 4.28. The molecule has 0 atom stereocenters. The van der Waals surface area contributed by atoms with Gasteiger partial charge < -0.3 is 5.32 Å². The second-order valence-electron chi connectivity index (χ2n) is 3.31. The molecule has 1 heterocycles. The van der Waals surface area contributed by atoms with Gasteiger partial charge in [-0.1, -0.05) is 12.1 Å². The van der Waals surface area contributed by atoms with E-state index in [4.69, 9.17) is 0 Å². The maximum atomic E-state index is 3.23. The van der Waals surface area contributed by atoms with E-state index in [1.165, 1.54) is 22.3 Å². The Morgan fingerprint density at radius 1 is 1.17 bits per heavy atom. The molecule has 0 aromatic heterocycles. The Labute approximate surface area is 73.1 Å². The molecule has 1 aromatic carbocycles. The lowest BCUT2D eigenvalue weighted by Gasteiger charge is -2.16. The van der Waals surface area contributed by atoms with Crippen molar-refractivity contribution in [1.82, 2.24) is 5.32 Å². The van der Waals surface area contributed by atoms with E-state index in [1.54, 1.807) is 0 Å². The van der Waals surface area contributed by atoms with Gasteiger partial charge >= 0.3 is 0 Å². The highest BCUT2D eigenvalue weighted by atomic mass is 14.8. The van der Waals surface area contributed by atoms with Gasteiger partial charge in [-0.25, -0.2) is 0 Å². The van der Waals surface area contributed by atoms with Crippen molar-refractivity contribution < 1.29 is 0 Å². The van der Waals surface area contributed by atoms with Crippen LogP contribution in [0.1, 0.15) is 22.3 Å². The second kappa shape index (κ2) is 2.67. The van der Waals surface area contributed by atoms with Gasteiger partial charge in [-0.15, -0.1) is 0 Å². The van der Waals surface area contributed by atoms with Crippen molar-refractivity contribution in [3.8, 4) is 0 Å². The van der Waals surface area contributed by atoms with Crippen molar-refractivity contribution in [2.24, 2.45) is 0 Å². The van der Waals surface area contributed by atoms with Crippen LogP contribution in [-0.2, 0) is 6.54 Å². The van der Waals surface area contributed by atoms with Crippen molar-refractivity contribution >= 4 is 6.08 Å². The Kier molecular flexibility index (Phi) is 1.65. The van der Waals surface area contributed by atoms with E-state index < -0.39 is 0 Å². The second-order valence-corrected chi connectivity index (χ2v) is 3.31. The lowest BCUT2D eigenvalue weighted by atomic mass is 9.96. The van der Waals surface area contributed by atoms with E-state index in [0.717, 1.165) is 6.54 Å². The average molecular weight is 159 g/mol. The molecule has 1 aromatic rings. The van der Waals surface area contributed by atoms with E-state index >= 15 is 0 Å². The molecular weight excluding hydrogens is 146 g/mol. The maximum absolute atomic E-state index is 3.23. The molecule has 0 fully saturated rings. The molecule has 1 heteroatoms. The third-order valence-corrected chi connectivity index (χ3v) is 2.46. The zero-order valence-electron chi connectivity index (χ0n) is 7.52. The number of nitrogens with one attached hydrogen (secondary N) is 1. The highest BCUT2D eigenvalue weighted by Crippen LogP contribution is 2.21. The van der Waals surface area contributed by atoms with Crippen molar-refractivity contribution in [3.63, 3.8) is 0 Å². The van der Waals surface area contributed by atoms with Crippen LogP contribution >= 0.6 is 0 Å². The smallest absolute Gasteiger partial charge is 0.0404 e. The summed E-state index contributed by atoms with van der Waals surface area (Å²) in [5.74, 6) is 0. The minimum Gasteiger partial charge on any atom is -0.387 e. The summed E-state index contributed by atoms with van der Waals surface area (Å²) >= 11 is 0. The molecule has 2 rings (SSSR count). The van der Waals surface area contributed by atoms with Gasteiger partial charge in [-0.05, 0) is 48.4 Å². The summed E-state index contributed by atoms with van der Waals surface area (Å²) in [5, 5.41) is 3.23. The van der Waals surface area contributed by atoms with Crippen LogP contribution in [0.25, 0.3) is 6.08 Å². The van der Waals surface area contributed by atoms with Crippen LogP contribution in [0.2, 0.25) is 0 Å². The number of benzene rings is 1. The molecular formula is C11H13N. The molecule has 1 aliphatic rings. The van der Waals surface area contributed by atoms with Gasteiger partial charge in [-0.2, -0.15) is 0 Å². The zero-order valence-corrected chi connectivity index (χ0v) is 7.52. The minimum atomic E-state index is 0.972. The largest absolute Gasteiger partial charge is 0.387 e. The Morgan fingerprint density at radius 3 is 2.67 bits per heavy atom. The van der Waals surface area contributed by atoms with Gasteiger partial charge in [0, 0.05) is 6.54 Å².